The van der Waals surface area contributed by atoms with Gasteiger partial charge in [-0.25, -0.2) is 13.6 Å². The third kappa shape index (κ3) is 3.43. The van der Waals surface area contributed by atoms with Crippen LogP contribution >= 0.6 is 0 Å². The summed E-state index contributed by atoms with van der Waals surface area (Å²) in [6.45, 7) is 1.03. The van der Waals surface area contributed by atoms with Gasteiger partial charge < -0.3 is 25.0 Å². The standard InChI is InChI=1S/C20H23F2N3O4/c1-11-16-12(6-13(8-26)18(27)25(16)14-2-3-14)7-15(21)17(11)24-5-4-20(22,10-24)9-23-19(28)29/h6-7,14,23,26H,2-5,8-10H2,1H3,(H,28,29). The molecule has 0 bridgehead atoms. The van der Waals surface area contributed by atoms with E-state index < -0.39 is 24.2 Å². The average Bonchev–Trinajstić information content (AvgIpc) is 3.43. The quantitative estimate of drug-likeness (QED) is 0.708. The molecule has 156 valence electrons. The summed E-state index contributed by atoms with van der Waals surface area (Å²) in [6.07, 6.45) is 0.451. The number of aromatic nitrogens is 1. The minimum Gasteiger partial charge on any atom is -0.465 e. The predicted molar refractivity (Wildman–Crippen MR) is 104 cm³/mol. The maximum Gasteiger partial charge on any atom is 0.404 e. The zero-order valence-electron chi connectivity index (χ0n) is 16.0. The number of nitrogens with zero attached hydrogens (tertiary/aromatic N) is 2. The first-order chi connectivity index (χ1) is 13.7. The molecular weight excluding hydrogens is 384 g/mol. The van der Waals surface area contributed by atoms with Gasteiger partial charge in [-0.2, -0.15) is 0 Å². The molecule has 1 unspecified atom stereocenters. The topological polar surface area (TPSA) is 94.8 Å². The van der Waals surface area contributed by atoms with Gasteiger partial charge in [-0.05, 0) is 37.5 Å². The summed E-state index contributed by atoms with van der Waals surface area (Å²) < 4.78 is 31.7. The summed E-state index contributed by atoms with van der Waals surface area (Å²) in [4.78, 5) is 25.1. The number of pyridine rings is 1. The molecule has 1 aliphatic heterocycles. The molecular formula is C20H23F2N3O4. The smallest absolute Gasteiger partial charge is 0.404 e. The van der Waals surface area contributed by atoms with Crippen molar-refractivity contribution >= 4 is 22.7 Å². The fourth-order valence-electron chi connectivity index (χ4n) is 4.30. The molecule has 1 aliphatic carbocycles. The SMILES string of the molecule is Cc1c(N2CCC(F)(CNC(=O)O)C2)c(F)cc2cc(CO)c(=O)n(C3CC3)c12. The van der Waals surface area contributed by atoms with Gasteiger partial charge in [-0.3, -0.25) is 4.79 Å². The molecule has 2 aliphatic rings. The highest BCUT2D eigenvalue weighted by Crippen LogP contribution is 2.41. The lowest BCUT2D eigenvalue weighted by atomic mass is 10.0. The van der Waals surface area contributed by atoms with E-state index in [4.69, 9.17) is 5.11 Å². The van der Waals surface area contributed by atoms with Crippen molar-refractivity contribution < 1.29 is 23.8 Å². The number of amides is 1. The second-order valence-electron chi connectivity index (χ2n) is 7.99. The Hall–Kier alpha value is -2.68. The Morgan fingerprint density at radius 2 is 2.10 bits per heavy atom. The van der Waals surface area contributed by atoms with Gasteiger partial charge in [-0.1, -0.05) is 0 Å². The molecule has 1 amide bonds. The first-order valence-electron chi connectivity index (χ1n) is 9.63. The molecule has 0 radical (unpaired) electrons. The molecule has 1 aromatic carbocycles. The number of anilines is 1. The van der Waals surface area contributed by atoms with Crippen LogP contribution in [0.15, 0.2) is 16.9 Å². The van der Waals surface area contributed by atoms with E-state index in [1.807, 2.05) is 0 Å². The van der Waals surface area contributed by atoms with Gasteiger partial charge in [0.05, 0.1) is 30.9 Å². The first kappa shape index (κ1) is 19.6. The van der Waals surface area contributed by atoms with Gasteiger partial charge in [0.1, 0.15) is 11.5 Å². The molecule has 1 aromatic heterocycles. The van der Waals surface area contributed by atoms with Crippen LogP contribution in [-0.2, 0) is 6.61 Å². The predicted octanol–water partition coefficient (Wildman–Crippen LogP) is 2.46. The van der Waals surface area contributed by atoms with Crippen molar-refractivity contribution in [1.82, 2.24) is 9.88 Å². The van der Waals surface area contributed by atoms with E-state index in [0.29, 0.717) is 16.5 Å². The maximum atomic E-state index is 15.1. The van der Waals surface area contributed by atoms with E-state index in [1.165, 1.54) is 12.1 Å². The number of fused-ring (bicyclic) bond motifs is 1. The average molecular weight is 407 g/mol. The summed E-state index contributed by atoms with van der Waals surface area (Å²) in [5.41, 5.74) is -0.467. The van der Waals surface area contributed by atoms with Gasteiger partial charge in [0.2, 0.25) is 0 Å². The number of benzene rings is 1. The molecule has 2 aromatic rings. The Kier molecular flexibility index (Phi) is 4.72. The molecule has 0 spiro atoms. The second-order valence-corrected chi connectivity index (χ2v) is 7.99. The Labute approximate surface area is 165 Å². The van der Waals surface area contributed by atoms with Crippen LogP contribution < -0.4 is 15.8 Å². The van der Waals surface area contributed by atoms with Crippen molar-refractivity contribution in [2.75, 3.05) is 24.5 Å². The lowest BCUT2D eigenvalue weighted by molar-refractivity contribution is 0.163. The molecule has 1 saturated carbocycles. The molecule has 29 heavy (non-hydrogen) atoms. The highest BCUT2D eigenvalue weighted by Gasteiger charge is 2.40. The number of nitrogens with one attached hydrogen (secondary N) is 1. The molecule has 2 heterocycles. The Morgan fingerprint density at radius 3 is 2.72 bits per heavy atom. The first-order valence-corrected chi connectivity index (χ1v) is 9.63. The number of alkyl halides is 1. The van der Waals surface area contributed by atoms with Crippen molar-refractivity contribution in [2.45, 2.75) is 44.5 Å². The number of hydrogen-bond donors (Lipinski definition) is 3. The molecule has 2 fully saturated rings. The Bertz CT molecular complexity index is 1050. The summed E-state index contributed by atoms with van der Waals surface area (Å²) in [7, 11) is 0. The van der Waals surface area contributed by atoms with Crippen LogP contribution in [0.25, 0.3) is 10.9 Å². The van der Waals surface area contributed by atoms with Gasteiger partial charge in [-0.15, -0.1) is 0 Å². The summed E-state index contributed by atoms with van der Waals surface area (Å²) in [5, 5.41) is 20.8. The largest absolute Gasteiger partial charge is 0.465 e. The number of carboxylic acid groups (broad SMARTS) is 1. The number of carbonyl (C=O) groups is 1. The van der Waals surface area contributed by atoms with Gasteiger partial charge in [0.15, 0.2) is 0 Å². The number of halogens is 2. The van der Waals surface area contributed by atoms with E-state index in [1.54, 1.807) is 16.4 Å². The lowest BCUT2D eigenvalue weighted by Gasteiger charge is -2.26. The van der Waals surface area contributed by atoms with Crippen molar-refractivity contribution in [3.8, 4) is 0 Å². The Balaban J connectivity index is 1.79. The molecule has 9 heteroatoms. The number of rotatable bonds is 5. The highest BCUT2D eigenvalue weighted by atomic mass is 19.1. The minimum absolute atomic E-state index is 0.0205. The third-order valence-electron chi connectivity index (χ3n) is 5.82. The van der Waals surface area contributed by atoms with E-state index >= 15 is 4.39 Å². The van der Waals surface area contributed by atoms with Crippen LogP contribution in [0.1, 0.15) is 36.4 Å². The molecule has 1 atom stereocenters. The normalized spacial score (nSPS) is 21.7. The zero-order chi connectivity index (χ0) is 20.9. The van der Waals surface area contributed by atoms with Gasteiger partial charge in [0.25, 0.3) is 5.56 Å². The minimum atomic E-state index is -1.79. The number of aliphatic hydroxyl groups is 1. The van der Waals surface area contributed by atoms with Crippen LogP contribution in [0.5, 0.6) is 0 Å². The van der Waals surface area contributed by atoms with Gasteiger partial charge in [0, 0.05) is 30.0 Å². The molecule has 7 nitrogen and oxygen atoms in total. The summed E-state index contributed by atoms with van der Waals surface area (Å²) in [6, 6.07) is 2.85. The Morgan fingerprint density at radius 1 is 1.38 bits per heavy atom. The number of aryl methyl sites for hydroxylation is 1. The monoisotopic (exact) mass is 407 g/mol. The maximum absolute atomic E-state index is 15.1. The van der Waals surface area contributed by atoms with Crippen LogP contribution in [0.2, 0.25) is 0 Å². The highest BCUT2D eigenvalue weighted by molar-refractivity contribution is 5.88. The molecule has 4 rings (SSSR count). The molecule has 3 N–H and O–H groups in total. The van der Waals surface area contributed by atoms with Crippen molar-refractivity contribution in [3.05, 3.63) is 39.4 Å². The van der Waals surface area contributed by atoms with E-state index in [2.05, 4.69) is 5.32 Å². The van der Waals surface area contributed by atoms with Crippen LogP contribution in [0.4, 0.5) is 19.3 Å². The zero-order valence-corrected chi connectivity index (χ0v) is 16.0. The van der Waals surface area contributed by atoms with Crippen LogP contribution in [0, 0.1) is 12.7 Å². The summed E-state index contributed by atoms with van der Waals surface area (Å²) >= 11 is 0. The van der Waals surface area contributed by atoms with Gasteiger partial charge >= 0.3 is 6.09 Å². The number of hydrogen-bond acceptors (Lipinski definition) is 4. The fraction of sp³-hybridized carbons (Fsp3) is 0.500. The van der Waals surface area contributed by atoms with Crippen molar-refractivity contribution in [2.24, 2.45) is 0 Å². The third-order valence-corrected chi connectivity index (χ3v) is 5.82. The second kappa shape index (κ2) is 6.98. The van der Waals surface area contributed by atoms with Crippen molar-refractivity contribution in [3.63, 3.8) is 0 Å². The van der Waals surface area contributed by atoms with Crippen LogP contribution in [0.3, 0.4) is 0 Å². The van der Waals surface area contributed by atoms with Crippen molar-refractivity contribution in [1.29, 1.82) is 0 Å². The van der Waals surface area contributed by atoms with E-state index in [9.17, 15) is 19.1 Å². The fourth-order valence-corrected chi connectivity index (χ4v) is 4.30. The van der Waals surface area contributed by atoms with E-state index in [-0.39, 0.29) is 48.9 Å². The number of aliphatic hydroxyl groups excluding tert-OH is 1. The van der Waals surface area contributed by atoms with E-state index in [0.717, 1.165) is 12.8 Å². The molecule has 1 saturated heterocycles. The summed E-state index contributed by atoms with van der Waals surface area (Å²) in [5.74, 6) is -0.532. The van der Waals surface area contributed by atoms with Crippen LogP contribution in [-0.4, -0.2) is 46.2 Å². The lowest BCUT2D eigenvalue weighted by Crippen LogP contribution is -2.41.